The van der Waals surface area contributed by atoms with Gasteiger partial charge in [-0.05, 0) is 36.8 Å². The number of hydrogen-bond acceptors (Lipinski definition) is 5. The van der Waals surface area contributed by atoms with Gasteiger partial charge in [-0.1, -0.05) is 0 Å². The van der Waals surface area contributed by atoms with Crippen molar-refractivity contribution in [3.63, 3.8) is 0 Å². The molecule has 1 aliphatic heterocycles. The molecule has 6 nitrogen and oxygen atoms in total. The number of aromatic nitrogens is 2. The Morgan fingerprint density at radius 3 is 3.08 bits per heavy atom. The summed E-state index contributed by atoms with van der Waals surface area (Å²) in [5.74, 6) is 0.689. The van der Waals surface area contributed by atoms with Gasteiger partial charge in [-0.15, -0.1) is 11.3 Å². The van der Waals surface area contributed by atoms with Gasteiger partial charge in [0, 0.05) is 30.8 Å². The Morgan fingerprint density at radius 1 is 1.35 bits per heavy atom. The van der Waals surface area contributed by atoms with Crippen LogP contribution in [0.2, 0.25) is 0 Å². The average molecular weight is 367 g/mol. The lowest BCUT2D eigenvalue weighted by Gasteiger charge is -2.06. The van der Waals surface area contributed by atoms with E-state index in [1.165, 1.54) is 23.0 Å². The Kier molecular flexibility index (Phi) is 4.30. The van der Waals surface area contributed by atoms with E-state index in [4.69, 9.17) is 4.74 Å². The molecule has 4 rings (SSSR count). The third kappa shape index (κ3) is 3.13. The van der Waals surface area contributed by atoms with Crippen LogP contribution in [-0.2, 0) is 13.0 Å². The Labute approximate surface area is 154 Å². The zero-order valence-electron chi connectivity index (χ0n) is 14.2. The van der Waals surface area contributed by atoms with Gasteiger partial charge in [-0.25, -0.2) is 4.98 Å². The Hall–Kier alpha value is -2.93. The fourth-order valence-electron chi connectivity index (χ4n) is 2.88. The maximum atomic E-state index is 12.5. The predicted octanol–water partition coefficient (Wildman–Crippen LogP) is 3.18. The zero-order valence-corrected chi connectivity index (χ0v) is 15.0. The van der Waals surface area contributed by atoms with Crippen LogP contribution < -0.4 is 15.6 Å². The van der Waals surface area contributed by atoms with Crippen LogP contribution in [0.25, 0.3) is 10.6 Å². The summed E-state index contributed by atoms with van der Waals surface area (Å²) in [6, 6.07) is 9.03. The smallest absolute Gasteiger partial charge is 0.267 e. The molecule has 3 aromatic rings. The average Bonchev–Trinajstić information content (AvgIpc) is 3.31. The number of hydrogen-bond donors (Lipinski definition) is 1. The summed E-state index contributed by atoms with van der Waals surface area (Å²) in [4.78, 5) is 29.0. The largest absolute Gasteiger partial charge is 0.493 e. The van der Waals surface area contributed by atoms with E-state index in [2.05, 4.69) is 16.4 Å². The summed E-state index contributed by atoms with van der Waals surface area (Å²) in [5, 5.41) is 3.61. The molecular formula is C19H17N3O3S. The van der Waals surface area contributed by atoms with E-state index in [-0.39, 0.29) is 11.5 Å². The molecule has 0 fully saturated rings. The van der Waals surface area contributed by atoms with Crippen molar-refractivity contribution < 1.29 is 9.53 Å². The molecule has 2 aromatic heterocycles. The minimum atomic E-state index is -0.237. The number of aryl methyl sites for hydroxylation is 1. The third-order valence-corrected chi connectivity index (χ3v) is 5.29. The van der Waals surface area contributed by atoms with Crippen molar-refractivity contribution in [1.29, 1.82) is 0 Å². The van der Waals surface area contributed by atoms with Crippen molar-refractivity contribution in [3.05, 3.63) is 63.5 Å². The van der Waals surface area contributed by atoms with Crippen LogP contribution in [0.4, 0.5) is 5.69 Å². The molecule has 1 aromatic carbocycles. The zero-order chi connectivity index (χ0) is 18.1. The molecule has 0 bridgehead atoms. The number of carbonyl (C=O) groups excluding carboxylic acids is 1. The number of nitrogens with zero attached hydrogens (tertiary/aromatic N) is 2. The first-order valence-electron chi connectivity index (χ1n) is 8.38. The van der Waals surface area contributed by atoms with Crippen LogP contribution in [0, 0.1) is 0 Å². The first-order chi connectivity index (χ1) is 12.6. The molecule has 0 aliphatic carbocycles. The van der Waals surface area contributed by atoms with Crippen molar-refractivity contribution in [3.8, 4) is 16.3 Å². The highest BCUT2D eigenvalue weighted by Gasteiger charge is 2.16. The maximum absolute atomic E-state index is 12.5. The molecule has 0 atom stereocenters. The summed E-state index contributed by atoms with van der Waals surface area (Å²) in [7, 11) is 0. The number of ether oxygens (including phenoxy) is 1. The fraction of sp³-hybridized carbons (Fsp3) is 0.211. The van der Waals surface area contributed by atoms with Gasteiger partial charge < -0.3 is 14.6 Å². The maximum Gasteiger partial charge on any atom is 0.267 e. The van der Waals surface area contributed by atoms with Gasteiger partial charge >= 0.3 is 0 Å². The van der Waals surface area contributed by atoms with Crippen molar-refractivity contribution in [2.45, 2.75) is 19.9 Å². The van der Waals surface area contributed by atoms with Crippen LogP contribution in [0.5, 0.6) is 5.75 Å². The lowest BCUT2D eigenvalue weighted by atomic mass is 10.1. The van der Waals surface area contributed by atoms with E-state index in [0.29, 0.717) is 23.7 Å². The predicted molar refractivity (Wildman–Crippen MR) is 101 cm³/mol. The number of anilines is 1. The molecule has 26 heavy (non-hydrogen) atoms. The van der Waals surface area contributed by atoms with Crippen LogP contribution >= 0.6 is 11.3 Å². The van der Waals surface area contributed by atoms with E-state index in [9.17, 15) is 9.59 Å². The first-order valence-corrected chi connectivity index (χ1v) is 9.19. The number of nitrogens with one attached hydrogen (secondary N) is 1. The Bertz CT molecular complexity index is 1040. The van der Waals surface area contributed by atoms with Crippen LogP contribution in [-0.4, -0.2) is 22.1 Å². The molecule has 0 radical (unpaired) electrons. The second kappa shape index (κ2) is 6.76. The number of amides is 1. The molecule has 7 heteroatoms. The molecule has 0 spiro atoms. The standard InChI is InChI=1S/C19H17N3O3S/c1-2-22-11-14(4-6-17(22)23)21-18(24)16-10-20-19(26-16)13-3-5-15-12(9-13)7-8-25-15/h3-6,9-11H,2,7-8H2,1H3,(H,21,24). The van der Waals surface area contributed by atoms with Crippen LogP contribution in [0.1, 0.15) is 22.2 Å². The quantitative estimate of drug-likeness (QED) is 0.769. The van der Waals surface area contributed by atoms with Gasteiger partial charge in [0.1, 0.15) is 15.6 Å². The van der Waals surface area contributed by atoms with E-state index in [1.807, 2.05) is 19.1 Å². The molecular weight excluding hydrogens is 350 g/mol. The van der Waals surface area contributed by atoms with Gasteiger partial charge in [-0.2, -0.15) is 0 Å². The summed E-state index contributed by atoms with van der Waals surface area (Å²) in [6.07, 6.45) is 4.12. The minimum absolute atomic E-state index is 0.0915. The van der Waals surface area contributed by atoms with Gasteiger partial charge in [0.25, 0.3) is 11.5 Å². The number of rotatable bonds is 4. The summed E-state index contributed by atoms with van der Waals surface area (Å²) >= 11 is 1.34. The number of fused-ring (bicyclic) bond motifs is 1. The molecule has 3 heterocycles. The molecule has 1 N–H and O–H groups in total. The highest BCUT2D eigenvalue weighted by Crippen LogP contribution is 2.32. The van der Waals surface area contributed by atoms with Crippen LogP contribution in [0.3, 0.4) is 0 Å². The van der Waals surface area contributed by atoms with Gasteiger partial charge in [0.15, 0.2) is 0 Å². The monoisotopic (exact) mass is 367 g/mol. The molecule has 0 saturated heterocycles. The van der Waals surface area contributed by atoms with Crippen molar-refractivity contribution in [2.24, 2.45) is 0 Å². The topological polar surface area (TPSA) is 73.2 Å². The number of thiazole rings is 1. The second-order valence-corrected chi connectivity index (χ2v) is 6.98. The van der Waals surface area contributed by atoms with E-state index in [0.717, 1.165) is 22.7 Å². The highest BCUT2D eigenvalue weighted by atomic mass is 32.1. The lowest BCUT2D eigenvalue weighted by Crippen LogP contribution is -2.19. The number of benzene rings is 1. The third-order valence-electron chi connectivity index (χ3n) is 4.25. The lowest BCUT2D eigenvalue weighted by molar-refractivity contribution is 0.103. The molecule has 1 aliphatic rings. The Balaban J connectivity index is 1.54. The number of pyridine rings is 1. The Morgan fingerprint density at radius 2 is 2.23 bits per heavy atom. The van der Waals surface area contributed by atoms with Gasteiger partial charge in [-0.3, -0.25) is 9.59 Å². The summed E-state index contributed by atoms with van der Waals surface area (Å²) < 4.78 is 7.06. The highest BCUT2D eigenvalue weighted by molar-refractivity contribution is 7.17. The number of carbonyl (C=O) groups is 1. The van der Waals surface area contributed by atoms with Gasteiger partial charge in [0.05, 0.1) is 18.5 Å². The summed E-state index contributed by atoms with van der Waals surface area (Å²) in [6.45, 7) is 3.14. The van der Waals surface area contributed by atoms with Crippen molar-refractivity contribution in [1.82, 2.24) is 9.55 Å². The second-order valence-electron chi connectivity index (χ2n) is 5.95. The van der Waals surface area contributed by atoms with Crippen molar-refractivity contribution >= 4 is 22.9 Å². The van der Waals surface area contributed by atoms with E-state index < -0.39 is 0 Å². The molecule has 0 saturated carbocycles. The van der Waals surface area contributed by atoms with Crippen molar-refractivity contribution in [2.75, 3.05) is 11.9 Å². The normalized spacial score (nSPS) is 12.5. The van der Waals surface area contributed by atoms with E-state index >= 15 is 0 Å². The SMILES string of the molecule is CCn1cc(NC(=O)c2cnc(-c3ccc4c(c3)CCO4)s2)ccc1=O. The molecule has 132 valence electrons. The first kappa shape index (κ1) is 16.5. The van der Waals surface area contributed by atoms with Gasteiger partial charge in [0.2, 0.25) is 0 Å². The molecule has 0 unspecified atom stereocenters. The minimum Gasteiger partial charge on any atom is -0.493 e. The molecule has 1 amide bonds. The van der Waals surface area contributed by atoms with E-state index in [1.54, 1.807) is 23.0 Å². The summed E-state index contributed by atoms with van der Waals surface area (Å²) in [5.41, 5.74) is 2.65. The van der Waals surface area contributed by atoms with Crippen LogP contribution in [0.15, 0.2) is 47.5 Å². The fourth-order valence-corrected chi connectivity index (χ4v) is 3.68.